The monoisotopic (exact) mass is 215 g/mol. The van der Waals surface area contributed by atoms with Gasteiger partial charge >= 0.3 is 0 Å². The molecule has 0 aliphatic carbocycles. The number of halogens is 1. The largest absolute Gasteiger partial charge is 0.251 e. The first-order valence-electron chi connectivity index (χ1n) is 4.50. The molecule has 3 rings (SSSR count). The maximum absolute atomic E-state index is 5.94. The molecule has 4 heteroatoms. The van der Waals surface area contributed by atoms with Gasteiger partial charge in [-0.25, -0.2) is 9.97 Å². The zero-order valence-corrected chi connectivity index (χ0v) is 8.44. The van der Waals surface area contributed by atoms with Gasteiger partial charge < -0.3 is 0 Å². The molecule has 2 aromatic heterocycles. The second-order valence-corrected chi connectivity index (χ2v) is 3.57. The third-order valence-electron chi connectivity index (χ3n) is 2.33. The molecule has 2 heterocycles. The third kappa shape index (κ3) is 1.24. The van der Waals surface area contributed by atoms with Crippen molar-refractivity contribution >= 4 is 33.4 Å². The fourth-order valence-corrected chi connectivity index (χ4v) is 1.81. The number of rotatable bonds is 0. The first-order chi connectivity index (χ1) is 7.36. The van der Waals surface area contributed by atoms with Gasteiger partial charge in [-0.05, 0) is 0 Å². The summed E-state index contributed by atoms with van der Waals surface area (Å²) < 4.78 is 0. The van der Waals surface area contributed by atoms with Crippen molar-refractivity contribution in [3.63, 3.8) is 0 Å². The topological polar surface area (TPSA) is 38.7 Å². The summed E-state index contributed by atoms with van der Waals surface area (Å²) in [7, 11) is 0. The Kier molecular flexibility index (Phi) is 1.79. The van der Waals surface area contributed by atoms with E-state index >= 15 is 0 Å². The van der Waals surface area contributed by atoms with Gasteiger partial charge in [-0.3, -0.25) is 4.98 Å². The Morgan fingerprint density at radius 2 is 1.80 bits per heavy atom. The van der Waals surface area contributed by atoms with Crippen molar-refractivity contribution in [1.82, 2.24) is 15.0 Å². The smallest absolute Gasteiger partial charge is 0.158 e. The van der Waals surface area contributed by atoms with Gasteiger partial charge in [0, 0.05) is 17.0 Å². The number of hydrogen-bond donors (Lipinski definition) is 0. The summed E-state index contributed by atoms with van der Waals surface area (Å²) in [6, 6.07) is 7.94. The molecule has 0 bridgehead atoms. The van der Waals surface area contributed by atoms with E-state index in [2.05, 4.69) is 15.0 Å². The van der Waals surface area contributed by atoms with E-state index in [0.717, 1.165) is 16.3 Å². The molecule has 3 nitrogen and oxygen atoms in total. The Morgan fingerprint density at radius 1 is 0.933 bits per heavy atom. The molecule has 3 aromatic rings. The molecular weight excluding hydrogens is 210 g/mol. The van der Waals surface area contributed by atoms with Gasteiger partial charge in [-0.1, -0.05) is 35.9 Å². The van der Waals surface area contributed by atoms with Crippen LogP contribution in [0.4, 0.5) is 0 Å². The van der Waals surface area contributed by atoms with Gasteiger partial charge in [0.2, 0.25) is 0 Å². The van der Waals surface area contributed by atoms with Crippen molar-refractivity contribution in [2.45, 2.75) is 0 Å². The van der Waals surface area contributed by atoms with Gasteiger partial charge in [-0.15, -0.1) is 0 Å². The second kappa shape index (κ2) is 3.14. The van der Waals surface area contributed by atoms with E-state index < -0.39 is 0 Å². The maximum atomic E-state index is 5.94. The third-order valence-corrected chi connectivity index (χ3v) is 2.60. The highest BCUT2D eigenvalue weighted by molar-refractivity contribution is 6.34. The van der Waals surface area contributed by atoms with Gasteiger partial charge in [0.25, 0.3) is 0 Å². The molecule has 0 saturated heterocycles. The van der Waals surface area contributed by atoms with Crippen molar-refractivity contribution in [1.29, 1.82) is 0 Å². The SMILES string of the molecule is Clc1ncnc2c1ncc1ccccc12. The van der Waals surface area contributed by atoms with Gasteiger partial charge in [0.15, 0.2) is 5.15 Å². The molecule has 1 aromatic carbocycles. The zero-order valence-electron chi connectivity index (χ0n) is 7.68. The van der Waals surface area contributed by atoms with E-state index in [0.29, 0.717) is 10.7 Å². The summed E-state index contributed by atoms with van der Waals surface area (Å²) in [4.78, 5) is 12.4. The summed E-state index contributed by atoms with van der Waals surface area (Å²) in [6.07, 6.45) is 3.24. The fraction of sp³-hybridized carbons (Fsp3) is 0. The molecular formula is C11H6ClN3. The molecule has 0 aliphatic rings. The van der Waals surface area contributed by atoms with E-state index in [-0.39, 0.29) is 0 Å². The van der Waals surface area contributed by atoms with Gasteiger partial charge in [0.1, 0.15) is 17.4 Å². The van der Waals surface area contributed by atoms with Crippen molar-refractivity contribution in [3.05, 3.63) is 41.9 Å². The predicted octanol–water partition coefficient (Wildman–Crippen LogP) is 2.83. The standard InChI is InChI=1S/C11H6ClN3/c12-11-10-9(14-6-15-11)8-4-2-1-3-7(8)5-13-10/h1-6H. The second-order valence-electron chi connectivity index (χ2n) is 3.21. The number of benzene rings is 1. The minimum absolute atomic E-state index is 0.394. The Labute approximate surface area is 90.8 Å². The van der Waals surface area contributed by atoms with Crippen LogP contribution in [0.5, 0.6) is 0 Å². The van der Waals surface area contributed by atoms with Crippen molar-refractivity contribution in [2.24, 2.45) is 0 Å². The lowest BCUT2D eigenvalue weighted by Gasteiger charge is -2.01. The van der Waals surface area contributed by atoms with Crippen LogP contribution in [0.2, 0.25) is 5.15 Å². The van der Waals surface area contributed by atoms with Gasteiger partial charge in [0.05, 0.1) is 0 Å². The lowest BCUT2D eigenvalue weighted by molar-refractivity contribution is 1.21. The van der Waals surface area contributed by atoms with Crippen LogP contribution in [0, 0.1) is 0 Å². The molecule has 0 radical (unpaired) electrons. The highest BCUT2D eigenvalue weighted by atomic mass is 35.5. The molecule has 0 atom stereocenters. The molecule has 0 N–H and O–H groups in total. The first kappa shape index (κ1) is 8.56. The summed E-state index contributed by atoms with van der Waals surface area (Å²) >= 11 is 5.94. The van der Waals surface area contributed by atoms with Crippen LogP contribution in [0.3, 0.4) is 0 Å². The fourth-order valence-electron chi connectivity index (χ4n) is 1.63. The number of fused-ring (bicyclic) bond motifs is 3. The Balaban J connectivity index is 2.60. The van der Waals surface area contributed by atoms with Crippen LogP contribution >= 0.6 is 11.6 Å². The average Bonchev–Trinajstić information content (AvgIpc) is 2.29. The Morgan fingerprint density at radius 3 is 2.73 bits per heavy atom. The van der Waals surface area contributed by atoms with Crippen LogP contribution in [0.15, 0.2) is 36.8 Å². The Hall–Kier alpha value is -1.74. The molecule has 0 aliphatic heterocycles. The summed E-state index contributed by atoms with van der Waals surface area (Å²) in [5, 5.41) is 2.50. The van der Waals surface area contributed by atoms with Gasteiger partial charge in [-0.2, -0.15) is 0 Å². The molecule has 15 heavy (non-hydrogen) atoms. The lowest BCUT2D eigenvalue weighted by Crippen LogP contribution is -1.88. The van der Waals surface area contributed by atoms with E-state index in [1.54, 1.807) is 6.20 Å². The van der Waals surface area contributed by atoms with E-state index in [1.165, 1.54) is 6.33 Å². The highest BCUT2D eigenvalue weighted by Gasteiger charge is 2.05. The van der Waals surface area contributed by atoms with Crippen LogP contribution in [0.1, 0.15) is 0 Å². The quantitative estimate of drug-likeness (QED) is 0.428. The Bertz CT molecular complexity index is 651. The molecule has 0 saturated carbocycles. The maximum Gasteiger partial charge on any atom is 0.158 e. The van der Waals surface area contributed by atoms with Crippen LogP contribution in [0.25, 0.3) is 21.8 Å². The zero-order chi connectivity index (χ0) is 10.3. The van der Waals surface area contributed by atoms with E-state index in [4.69, 9.17) is 11.6 Å². The van der Waals surface area contributed by atoms with Crippen LogP contribution in [-0.2, 0) is 0 Å². The summed E-state index contributed by atoms with van der Waals surface area (Å²) in [5.74, 6) is 0. The first-order valence-corrected chi connectivity index (χ1v) is 4.88. The van der Waals surface area contributed by atoms with Crippen LogP contribution < -0.4 is 0 Å². The number of hydrogen-bond acceptors (Lipinski definition) is 3. The average molecular weight is 216 g/mol. The number of nitrogens with zero attached hydrogens (tertiary/aromatic N) is 3. The highest BCUT2D eigenvalue weighted by Crippen LogP contribution is 2.24. The summed E-state index contributed by atoms with van der Waals surface area (Å²) in [6.45, 7) is 0. The number of aromatic nitrogens is 3. The minimum atomic E-state index is 0.394. The summed E-state index contributed by atoms with van der Waals surface area (Å²) in [5.41, 5.74) is 1.45. The lowest BCUT2D eigenvalue weighted by atomic mass is 10.1. The molecule has 0 amide bonds. The van der Waals surface area contributed by atoms with Crippen molar-refractivity contribution < 1.29 is 0 Å². The van der Waals surface area contributed by atoms with E-state index in [1.807, 2.05) is 24.3 Å². The predicted molar refractivity (Wildman–Crippen MR) is 59.8 cm³/mol. The molecule has 0 unspecified atom stereocenters. The van der Waals surface area contributed by atoms with Crippen molar-refractivity contribution in [2.75, 3.05) is 0 Å². The van der Waals surface area contributed by atoms with Crippen molar-refractivity contribution in [3.8, 4) is 0 Å². The molecule has 0 fully saturated rings. The molecule has 0 spiro atoms. The molecule has 72 valence electrons. The van der Waals surface area contributed by atoms with E-state index in [9.17, 15) is 0 Å². The minimum Gasteiger partial charge on any atom is -0.251 e. The van der Waals surface area contributed by atoms with Crippen LogP contribution in [-0.4, -0.2) is 15.0 Å². The normalized spacial score (nSPS) is 11.0. The number of pyridine rings is 1.